The van der Waals surface area contributed by atoms with Gasteiger partial charge in [-0.05, 0) is 33.0 Å². The van der Waals surface area contributed by atoms with Gasteiger partial charge in [0.2, 0.25) is 5.91 Å². The lowest BCUT2D eigenvalue weighted by Gasteiger charge is -2.28. The number of benzene rings is 1. The molecule has 0 radical (unpaired) electrons. The molecule has 0 aromatic heterocycles. The highest BCUT2D eigenvalue weighted by atomic mass is 16.5. The van der Waals surface area contributed by atoms with E-state index in [0.717, 1.165) is 0 Å². The number of nitrogen functional groups attached to an aromatic ring is 1. The summed E-state index contributed by atoms with van der Waals surface area (Å²) in [5, 5.41) is 11.5. The van der Waals surface area contributed by atoms with Crippen LogP contribution >= 0.6 is 0 Å². The highest BCUT2D eigenvalue weighted by Gasteiger charge is 2.22. The van der Waals surface area contributed by atoms with Crippen molar-refractivity contribution in [1.29, 1.82) is 5.26 Å². The average Bonchev–Trinajstić information content (AvgIpc) is 2.47. The molecule has 1 aromatic carbocycles. The number of carbonyl (C=O) groups is 1. The Bertz CT molecular complexity index is 539. The molecule has 2 atom stereocenters. The van der Waals surface area contributed by atoms with Crippen LogP contribution in [0.5, 0.6) is 5.75 Å². The average molecular weight is 290 g/mol. The summed E-state index contributed by atoms with van der Waals surface area (Å²) in [6.07, 6.45) is 0.374. The number of nitrogens with zero attached hydrogens (tertiary/aromatic N) is 2. The van der Waals surface area contributed by atoms with Crippen LogP contribution in [0.3, 0.4) is 0 Å². The second kappa shape index (κ2) is 7.50. The van der Waals surface area contributed by atoms with Crippen molar-refractivity contribution in [3.05, 3.63) is 18.2 Å². The zero-order chi connectivity index (χ0) is 16.0. The molecule has 0 aliphatic rings. The maximum atomic E-state index is 12.2. The number of rotatable bonds is 6. The molecule has 21 heavy (non-hydrogen) atoms. The summed E-state index contributed by atoms with van der Waals surface area (Å²) in [5.74, 6) is 0.470. The summed E-state index contributed by atoms with van der Waals surface area (Å²) < 4.78 is 5.07. The van der Waals surface area contributed by atoms with Gasteiger partial charge in [0.05, 0.1) is 37.0 Å². The number of anilines is 2. The van der Waals surface area contributed by atoms with Crippen LogP contribution in [0.15, 0.2) is 18.2 Å². The van der Waals surface area contributed by atoms with Gasteiger partial charge in [-0.15, -0.1) is 0 Å². The number of methoxy groups -OCH3 is 1. The lowest BCUT2D eigenvalue weighted by atomic mass is 10.1. The zero-order valence-corrected chi connectivity index (χ0v) is 12.9. The predicted molar refractivity (Wildman–Crippen MR) is 83.0 cm³/mol. The van der Waals surface area contributed by atoms with Crippen molar-refractivity contribution in [2.24, 2.45) is 0 Å². The molecule has 6 heteroatoms. The van der Waals surface area contributed by atoms with Crippen LogP contribution in [0.1, 0.15) is 20.3 Å². The Labute approximate surface area is 125 Å². The topological polar surface area (TPSA) is 91.4 Å². The van der Waals surface area contributed by atoms with Gasteiger partial charge in [0, 0.05) is 12.1 Å². The van der Waals surface area contributed by atoms with Crippen LogP contribution in [0.25, 0.3) is 0 Å². The smallest absolute Gasteiger partial charge is 0.241 e. The van der Waals surface area contributed by atoms with E-state index in [1.807, 2.05) is 18.9 Å². The number of hydrogen-bond donors (Lipinski definition) is 2. The van der Waals surface area contributed by atoms with Crippen molar-refractivity contribution < 1.29 is 9.53 Å². The van der Waals surface area contributed by atoms with Gasteiger partial charge in [0.15, 0.2) is 0 Å². The van der Waals surface area contributed by atoms with E-state index in [2.05, 4.69) is 11.4 Å². The molecule has 0 heterocycles. The number of ether oxygens (including phenoxy) is 1. The quantitative estimate of drug-likeness (QED) is 0.780. The van der Waals surface area contributed by atoms with Crippen molar-refractivity contribution >= 4 is 17.3 Å². The first-order valence-corrected chi connectivity index (χ1v) is 6.74. The second-order valence-corrected chi connectivity index (χ2v) is 5.00. The fraction of sp³-hybridized carbons (Fsp3) is 0.467. The first kappa shape index (κ1) is 16.8. The van der Waals surface area contributed by atoms with Gasteiger partial charge in [-0.1, -0.05) is 0 Å². The van der Waals surface area contributed by atoms with Gasteiger partial charge in [-0.3, -0.25) is 9.69 Å². The second-order valence-electron chi connectivity index (χ2n) is 5.00. The number of hydrogen-bond acceptors (Lipinski definition) is 5. The van der Waals surface area contributed by atoms with E-state index in [4.69, 9.17) is 15.7 Å². The minimum Gasteiger partial charge on any atom is -0.497 e. The number of nitrogens with two attached hydrogens (primary N) is 1. The molecule has 6 nitrogen and oxygen atoms in total. The molecule has 0 aliphatic carbocycles. The lowest BCUT2D eigenvalue weighted by Crippen LogP contribution is -2.44. The predicted octanol–water partition coefficient (Wildman–Crippen LogP) is 1.84. The first-order valence-electron chi connectivity index (χ1n) is 6.74. The van der Waals surface area contributed by atoms with E-state index < -0.39 is 0 Å². The molecule has 1 aromatic rings. The van der Waals surface area contributed by atoms with Crippen molar-refractivity contribution in [2.45, 2.75) is 32.4 Å². The zero-order valence-electron chi connectivity index (χ0n) is 12.9. The minimum absolute atomic E-state index is 0.00367. The van der Waals surface area contributed by atoms with Crippen molar-refractivity contribution in [2.75, 3.05) is 25.2 Å². The van der Waals surface area contributed by atoms with E-state index in [1.54, 1.807) is 32.2 Å². The van der Waals surface area contributed by atoms with E-state index in [-0.39, 0.29) is 18.0 Å². The molecule has 0 aliphatic heterocycles. The number of nitriles is 1. The highest BCUT2D eigenvalue weighted by Crippen LogP contribution is 2.24. The molecule has 0 saturated carbocycles. The van der Waals surface area contributed by atoms with E-state index in [9.17, 15) is 4.79 Å². The Hall–Kier alpha value is -2.26. The van der Waals surface area contributed by atoms with Crippen molar-refractivity contribution in [3.63, 3.8) is 0 Å². The molecular formula is C15H22N4O2. The van der Waals surface area contributed by atoms with Crippen molar-refractivity contribution in [3.8, 4) is 11.8 Å². The van der Waals surface area contributed by atoms with Gasteiger partial charge < -0.3 is 15.8 Å². The number of likely N-dealkylation sites (N-methyl/N-ethyl adjacent to an activating group) is 1. The molecule has 0 saturated heterocycles. The lowest BCUT2D eigenvalue weighted by molar-refractivity contribution is -0.120. The Morgan fingerprint density at radius 1 is 1.52 bits per heavy atom. The summed E-state index contributed by atoms with van der Waals surface area (Å²) >= 11 is 0. The molecule has 0 bridgehead atoms. The van der Waals surface area contributed by atoms with Crippen LogP contribution in [-0.2, 0) is 4.79 Å². The van der Waals surface area contributed by atoms with Crippen molar-refractivity contribution in [1.82, 2.24) is 4.90 Å². The Balaban J connectivity index is 2.74. The standard InChI is InChI=1S/C15H22N4O2/c1-10(7-8-16)19(3)11(2)15(20)18-14-6-5-12(21-4)9-13(14)17/h5-6,9-11H,7,17H2,1-4H3,(H,18,20). The summed E-state index contributed by atoms with van der Waals surface area (Å²) in [6.45, 7) is 3.71. The van der Waals surface area contributed by atoms with Crippen LogP contribution in [0.4, 0.5) is 11.4 Å². The maximum absolute atomic E-state index is 12.2. The third kappa shape index (κ3) is 4.36. The third-order valence-electron chi connectivity index (χ3n) is 3.59. The van der Waals surface area contributed by atoms with Gasteiger partial charge in [0.25, 0.3) is 0 Å². The largest absolute Gasteiger partial charge is 0.497 e. The Morgan fingerprint density at radius 3 is 2.71 bits per heavy atom. The number of amides is 1. The SMILES string of the molecule is COc1ccc(NC(=O)C(C)N(C)C(C)CC#N)c(N)c1. The first-order chi connectivity index (χ1) is 9.90. The van der Waals surface area contributed by atoms with Crippen LogP contribution in [0, 0.1) is 11.3 Å². The van der Waals surface area contributed by atoms with E-state index in [1.165, 1.54) is 0 Å². The molecular weight excluding hydrogens is 268 g/mol. The third-order valence-corrected chi connectivity index (χ3v) is 3.59. The minimum atomic E-state index is -0.366. The Morgan fingerprint density at radius 2 is 2.19 bits per heavy atom. The van der Waals surface area contributed by atoms with Crippen LogP contribution < -0.4 is 15.8 Å². The van der Waals surface area contributed by atoms with Gasteiger partial charge in [0.1, 0.15) is 5.75 Å². The number of nitrogens with one attached hydrogen (secondary N) is 1. The van der Waals surface area contributed by atoms with Crippen LogP contribution in [-0.4, -0.2) is 37.0 Å². The molecule has 3 N–H and O–H groups in total. The van der Waals surface area contributed by atoms with Gasteiger partial charge in [-0.2, -0.15) is 5.26 Å². The van der Waals surface area contributed by atoms with Gasteiger partial charge in [-0.25, -0.2) is 0 Å². The molecule has 1 amide bonds. The molecule has 0 fully saturated rings. The van der Waals surface area contributed by atoms with Crippen LogP contribution in [0.2, 0.25) is 0 Å². The summed E-state index contributed by atoms with van der Waals surface area (Å²) in [4.78, 5) is 14.1. The fourth-order valence-corrected chi connectivity index (χ4v) is 1.86. The molecule has 1 rings (SSSR count). The molecule has 2 unspecified atom stereocenters. The Kier molecular flexibility index (Phi) is 6.00. The fourth-order valence-electron chi connectivity index (χ4n) is 1.86. The van der Waals surface area contributed by atoms with E-state index in [0.29, 0.717) is 23.5 Å². The molecule has 0 spiro atoms. The normalized spacial score (nSPS) is 13.3. The summed E-state index contributed by atoms with van der Waals surface area (Å²) in [6, 6.07) is 6.84. The number of carbonyl (C=O) groups excluding carboxylic acids is 1. The summed E-state index contributed by atoms with van der Waals surface area (Å²) in [5.41, 5.74) is 6.87. The molecule has 114 valence electrons. The summed E-state index contributed by atoms with van der Waals surface area (Å²) in [7, 11) is 3.38. The maximum Gasteiger partial charge on any atom is 0.241 e. The van der Waals surface area contributed by atoms with Gasteiger partial charge >= 0.3 is 0 Å². The highest BCUT2D eigenvalue weighted by molar-refractivity contribution is 5.97. The van der Waals surface area contributed by atoms with E-state index >= 15 is 0 Å². The monoisotopic (exact) mass is 290 g/mol.